The van der Waals surface area contributed by atoms with Crippen LogP contribution < -0.4 is 0 Å². The van der Waals surface area contributed by atoms with Crippen LogP contribution in [0.3, 0.4) is 0 Å². The lowest BCUT2D eigenvalue weighted by atomic mass is 9.84. The fourth-order valence-electron chi connectivity index (χ4n) is 5.12. The van der Waals surface area contributed by atoms with E-state index in [1.807, 2.05) is 6.08 Å². The Balaban J connectivity index is 2.12. The lowest BCUT2D eigenvalue weighted by molar-refractivity contribution is -0.151. The summed E-state index contributed by atoms with van der Waals surface area (Å²) in [6.45, 7) is 8.44. The molecule has 4 nitrogen and oxygen atoms in total. The van der Waals surface area contributed by atoms with Gasteiger partial charge in [-0.3, -0.25) is 4.79 Å². The summed E-state index contributed by atoms with van der Waals surface area (Å²) in [5.74, 6) is -0.0480. The van der Waals surface area contributed by atoms with Crippen molar-refractivity contribution in [3.05, 3.63) is 11.6 Å². The van der Waals surface area contributed by atoms with Crippen LogP contribution >= 0.6 is 0 Å². The van der Waals surface area contributed by atoms with Gasteiger partial charge >= 0.3 is 11.9 Å². The third kappa shape index (κ3) is 1.15. The van der Waals surface area contributed by atoms with Crippen LogP contribution in [0, 0.1) is 34.0 Å². The molecule has 0 spiro atoms. The summed E-state index contributed by atoms with van der Waals surface area (Å²) in [6.07, 6.45) is 1.97. The van der Waals surface area contributed by atoms with E-state index in [0.29, 0.717) is 0 Å². The number of hydrogen-bond donors (Lipinski definition) is 0. The van der Waals surface area contributed by atoms with Crippen LogP contribution in [0.25, 0.3) is 0 Å². The van der Waals surface area contributed by atoms with Gasteiger partial charge in [0, 0.05) is 17.4 Å². The second-order valence-electron chi connectivity index (χ2n) is 7.45. The average Bonchev–Trinajstić information content (AvgIpc) is 3.16. The van der Waals surface area contributed by atoms with E-state index in [1.54, 1.807) is 0 Å². The number of ether oxygens (including phenoxy) is 2. The fraction of sp³-hybridized carbons (Fsp3) is 0.750. The molecule has 0 aromatic carbocycles. The Labute approximate surface area is 119 Å². The number of esters is 2. The number of allylic oxidation sites excluding steroid dienone is 1. The molecule has 4 heteroatoms. The lowest BCUT2D eigenvalue weighted by Gasteiger charge is -2.21. The zero-order valence-corrected chi connectivity index (χ0v) is 12.9. The smallest absolute Gasteiger partial charge is 0.333 e. The second-order valence-corrected chi connectivity index (χ2v) is 7.45. The van der Waals surface area contributed by atoms with Crippen molar-refractivity contribution in [3.8, 4) is 0 Å². The van der Waals surface area contributed by atoms with Crippen molar-refractivity contribution in [2.75, 3.05) is 14.2 Å². The van der Waals surface area contributed by atoms with Gasteiger partial charge in [0.15, 0.2) is 0 Å². The van der Waals surface area contributed by atoms with E-state index in [-0.39, 0.29) is 40.5 Å². The van der Waals surface area contributed by atoms with Gasteiger partial charge in [0.1, 0.15) is 0 Å². The Morgan fingerprint density at radius 2 is 1.70 bits per heavy atom. The zero-order chi connectivity index (χ0) is 15.1. The monoisotopic (exact) mass is 278 g/mol. The first-order chi connectivity index (χ1) is 9.18. The minimum atomic E-state index is -0.465. The van der Waals surface area contributed by atoms with Crippen LogP contribution in [0.15, 0.2) is 11.6 Å². The van der Waals surface area contributed by atoms with Crippen molar-refractivity contribution in [1.29, 1.82) is 0 Å². The quantitative estimate of drug-likeness (QED) is 0.727. The summed E-state index contributed by atoms with van der Waals surface area (Å²) < 4.78 is 10.0. The molecule has 0 bridgehead atoms. The molecule has 0 saturated heterocycles. The van der Waals surface area contributed by atoms with E-state index >= 15 is 0 Å². The Kier molecular flexibility index (Phi) is 2.37. The highest BCUT2D eigenvalue weighted by Gasteiger charge is 2.88. The van der Waals surface area contributed by atoms with Crippen molar-refractivity contribution < 1.29 is 19.1 Å². The van der Waals surface area contributed by atoms with E-state index in [0.717, 1.165) is 5.57 Å². The van der Waals surface area contributed by atoms with Crippen LogP contribution in [0.5, 0.6) is 0 Å². The summed E-state index contributed by atoms with van der Waals surface area (Å²) in [5.41, 5.74) is 0.0640. The summed E-state index contributed by atoms with van der Waals surface area (Å²) in [5, 5.41) is 0. The molecule has 4 atom stereocenters. The first-order valence-electron chi connectivity index (χ1n) is 7.07. The molecule has 2 saturated carbocycles. The Morgan fingerprint density at radius 1 is 1.10 bits per heavy atom. The average molecular weight is 278 g/mol. The van der Waals surface area contributed by atoms with Crippen LogP contribution in [0.1, 0.15) is 27.7 Å². The van der Waals surface area contributed by atoms with Gasteiger partial charge in [-0.2, -0.15) is 0 Å². The van der Waals surface area contributed by atoms with Crippen LogP contribution in [-0.4, -0.2) is 26.2 Å². The molecular weight excluding hydrogens is 256 g/mol. The molecule has 0 unspecified atom stereocenters. The first-order valence-corrected chi connectivity index (χ1v) is 7.07. The van der Waals surface area contributed by atoms with Crippen LogP contribution in [0.2, 0.25) is 0 Å². The van der Waals surface area contributed by atoms with Gasteiger partial charge in [-0.25, -0.2) is 4.79 Å². The van der Waals surface area contributed by atoms with E-state index in [9.17, 15) is 9.59 Å². The Morgan fingerprint density at radius 3 is 2.20 bits per heavy atom. The minimum Gasteiger partial charge on any atom is -0.469 e. The van der Waals surface area contributed by atoms with Gasteiger partial charge in [-0.1, -0.05) is 33.8 Å². The molecular formula is C16H22O4. The molecule has 0 amide bonds. The molecule has 2 fully saturated rings. The third-order valence-corrected chi connectivity index (χ3v) is 6.19. The van der Waals surface area contributed by atoms with Crippen molar-refractivity contribution in [2.45, 2.75) is 27.7 Å². The number of methoxy groups -OCH3 is 2. The molecule has 20 heavy (non-hydrogen) atoms. The minimum absolute atomic E-state index is 0.0588. The summed E-state index contributed by atoms with van der Waals surface area (Å²) in [4.78, 5) is 24.5. The maximum atomic E-state index is 12.4. The molecule has 0 N–H and O–H groups in total. The maximum absolute atomic E-state index is 12.4. The highest BCUT2D eigenvalue weighted by Crippen LogP contribution is 2.87. The Bertz CT molecular complexity index is 543. The van der Waals surface area contributed by atoms with Crippen LogP contribution in [-0.2, 0) is 19.1 Å². The van der Waals surface area contributed by atoms with E-state index in [1.165, 1.54) is 14.2 Å². The summed E-state index contributed by atoms with van der Waals surface area (Å²) in [6, 6.07) is 0. The standard InChI is InChI=1S/C16H22O4/c1-14(2)10-8(12(17)19-5)7-9-15(3,4)16(9,11(10)14)13(18)20-6/h7,9-11H,1-6H3/t9-,10-,11+,16-/m1/s1. The van der Waals surface area contributed by atoms with Gasteiger partial charge in [0.05, 0.1) is 19.6 Å². The molecule has 110 valence electrons. The summed E-state index contributed by atoms with van der Waals surface area (Å²) >= 11 is 0. The number of carbonyl (C=O) groups excluding carboxylic acids is 2. The first kappa shape index (κ1) is 13.7. The van der Waals surface area contributed by atoms with Gasteiger partial charge in [-0.15, -0.1) is 0 Å². The zero-order valence-electron chi connectivity index (χ0n) is 12.9. The number of hydrogen-bond acceptors (Lipinski definition) is 4. The molecule has 0 aromatic heterocycles. The molecule has 0 radical (unpaired) electrons. The molecule has 0 aliphatic heterocycles. The highest BCUT2D eigenvalue weighted by molar-refractivity contribution is 5.94. The van der Waals surface area contributed by atoms with E-state index < -0.39 is 5.41 Å². The molecule has 0 aromatic rings. The SMILES string of the molecule is COC(=O)C1=C[C@@H]2C(C)(C)[C@@]2(C(=O)OC)[C@H]2[C@@H]1C2(C)C. The molecule has 3 rings (SSSR count). The van der Waals surface area contributed by atoms with Crippen molar-refractivity contribution in [3.63, 3.8) is 0 Å². The van der Waals surface area contributed by atoms with E-state index in [2.05, 4.69) is 27.7 Å². The largest absolute Gasteiger partial charge is 0.469 e. The molecule has 3 aliphatic carbocycles. The van der Waals surface area contributed by atoms with Gasteiger partial charge in [0.2, 0.25) is 0 Å². The van der Waals surface area contributed by atoms with Gasteiger partial charge < -0.3 is 9.47 Å². The molecule has 3 aliphatic rings. The van der Waals surface area contributed by atoms with Crippen molar-refractivity contribution in [2.24, 2.45) is 34.0 Å². The number of rotatable bonds is 2. The van der Waals surface area contributed by atoms with Crippen molar-refractivity contribution >= 4 is 11.9 Å². The van der Waals surface area contributed by atoms with Crippen LogP contribution in [0.4, 0.5) is 0 Å². The maximum Gasteiger partial charge on any atom is 0.333 e. The predicted octanol–water partition coefficient (Wildman–Crippen LogP) is 2.19. The number of fused-ring (bicyclic) bond motifs is 3. The lowest BCUT2D eigenvalue weighted by Crippen LogP contribution is -2.29. The van der Waals surface area contributed by atoms with Gasteiger partial charge in [0.25, 0.3) is 0 Å². The Hall–Kier alpha value is -1.32. The number of carbonyl (C=O) groups is 2. The normalized spacial score (nSPS) is 41.7. The predicted molar refractivity (Wildman–Crippen MR) is 72.6 cm³/mol. The van der Waals surface area contributed by atoms with Crippen molar-refractivity contribution in [1.82, 2.24) is 0 Å². The second kappa shape index (κ2) is 3.46. The third-order valence-electron chi connectivity index (χ3n) is 6.19. The highest BCUT2D eigenvalue weighted by atomic mass is 16.5. The summed E-state index contributed by atoms with van der Waals surface area (Å²) in [7, 11) is 2.86. The molecule has 0 heterocycles. The topological polar surface area (TPSA) is 52.6 Å². The fourth-order valence-corrected chi connectivity index (χ4v) is 5.12. The van der Waals surface area contributed by atoms with E-state index in [4.69, 9.17) is 9.47 Å². The van der Waals surface area contributed by atoms with Gasteiger partial charge in [-0.05, 0) is 16.7 Å².